The molecule has 0 aromatic heterocycles. The summed E-state index contributed by atoms with van der Waals surface area (Å²) in [5, 5.41) is 8.37. The molecule has 2 aromatic rings. The molecule has 5 nitrogen and oxygen atoms in total. The van der Waals surface area contributed by atoms with E-state index in [0.29, 0.717) is 23.5 Å². The Kier molecular flexibility index (Phi) is 3.96. The van der Waals surface area contributed by atoms with E-state index in [4.69, 9.17) is 10.9 Å². The molecule has 5 N–H and O–H groups in total. The van der Waals surface area contributed by atoms with Gasteiger partial charge in [0.1, 0.15) is 0 Å². The van der Waals surface area contributed by atoms with Crippen LogP contribution in [0.2, 0.25) is 0 Å². The quantitative estimate of drug-likeness (QED) is 0.748. The Morgan fingerprint density at radius 2 is 1.80 bits per heavy atom. The van der Waals surface area contributed by atoms with Gasteiger partial charge in [-0.25, -0.2) is 13.6 Å². The molecule has 0 saturated heterocycles. The number of rotatable bonds is 4. The largest absolute Gasteiger partial charge is 0.399 e. The van der Waals surface area contributed by atoms with E-state index in [1.54, 1.807) is 13.0 Å². The molecule has 0 spiro atoms. The van der Waals surface area contributed by atoms with E-state index in [2.05, 4.69) is 5.32 Å². The molecule has 106 valence electrons. The van der Waals surface area contributed by atoms with Crippen LogP contribution in [0.5, 0.6) is 0 Å². The molecule has 2 rings (SSSR count). The summed E-state index contributed by atoms with van der Waals surface area (Å²) < 4.78 is 23.1. The van der Waals surface area contributed by atoms with Gasteiger partial charge in [-0.1, -0.05) is 30.3 Å². The molecule has 0 bridgehead atoms. The van der Waals surface area contributed by atoms with Crippen LogP contribution in [0.15, 0.2) is 47.4 Å². The summed E-state index contributed by atoms with van der Waals surface area (Å²) >= 11 is 0. The van der Waals surface area contributed by atoms with E-state index in [1.165, 1.54) is 6.07 Å². The Morgan fingerprint density at radius 1 is 1.15 bits per heavy atom. The first kappa shape index (κ1) is 14.4. The van der Waals surface area contributed by atoms with Crippen LogP contribution in [-0.2, 0) is 16.6 Å². The molecular weight excluding hydrogens is 274 g/mol. The van der Waals surface area contributed by atoms with Crippen LogP contribution >= 0.6 is 0 Å². The number of nitrogen functional groups attached to an aromatic ring is 1. The molecule has 2 aromatic carbocycles. The molecule has 0 heterocycles. The van der Waals surface area contributed by atoms with Gasteiger partial charge >= 0.3 is 0 Å². The zero-order valence-electron chi connectivity index (χ0n) is 11.1. The van der Waals surface area contributed by atoms with E-state index < -0.39 is 10.0 Å². The van der Waals surface area contributed by atoms with Gasteiger partial charge in [0.05, 0.1) is 4.90 Å². The van der Waals surface area contributed by atoms with Crippen molar-refractivity contribution in [1.82, 2.24) is 0 Å². The Bertz CT molecular complexity index is 713. The predicted molar refractivity (Wildman–Crippen MR) is 80.7 cm³/mol. The van der Waals surface area contributed by atoms with Crippen molar-refractivity contribution in [3.63, 3.8) is 0 Å². The topological polar surface area (TPSA) is 98.2 Å². The second-order valence-electron chi connectivity index (χ2n) is 4.58. The third kappa shape index (κ3) is 3.28. The first-order valence-corrected chi connectivity index (χ1v) is 7.63. The first-order valence-electron chi connectivity index (χ1n) is 6.08. The van der Waals surface area contributed by atoms with Gasteiger partial charge in [-0.2, -0.15) is 0 Å². The van der Waals surface area contributed by atoms with Gasteiger partial charge in [0, 0.05) is 17.9 Å². The summed E-state index contributed by atoms with van der Waals surface area (Å²) in [5.41, 5.74) is 8.41. The summed E-state index contributed by atoms with van der Waals surface area (Å²) in [6.45, 7) is 2.28. The molecule has 0 radical (unpaired) electrons. The minimum Gasteiger partial charge on any atom is -0.399 e. The lowest BCUT2D eigenvalue weighted by Crippen LogP contribution is -2.15. The lowest BCUT2D eigenvalue weighted by atomic mass is 10.1. The highest BCUT2D eigenvalue weighted by atomic mass is 32.2. The number of hydrogen-bond acceptors (Lipinski definition) is 4. The number of nitrogens with two attached hydrogens (primary N) is 2. The van der Waals surface area contributed by atoms with Crippen LogP contribution in [0.3, 0.4) is 0 Å². The van der Waals surface area contributed by atoms with Gasteiger partial charge in [-0.05, 0) is 30.2 Å². The van der Waals surface area contributed by atoms with Crippen molar-refractivity contribution in [2.45, 2.75) is 18.4 Å². The normalized spacial score (nSPS) is 11.3. The van der Waals surface area contributed by atoms with Gasteiger partial charge in [0.2, 0.25) is 10.0 Å². The van der Waals surface area contributed by atoms with E-state index in [-0.39, 0.29) is 4.90 Å². The Balaban J connectivity index is 2.31. The summed E-state index contributed by atoms with van der Waals surface area (Å²) in [4.78, 5) is 0.0491. The molecular formula is C14H17N3O2S. The Labute approximate surface area is 118 Å². The van der Waals surface area contributed by atoms with Crippen LogP contribution in [-0.4, -0.2) is 8.42 Å². The number of sulfonamides is 1. The van der Waals surface area contributed by atoms with Gasteiger partial charge in [0.15, 0.2) is 0 Å². The smallest absolute Gasteiger partial charge is 0.238 e. The highest BCUT2D eigenvalue weighted by Crippen LogP contribution is 2.26. The molecule has 0 atom stereocenters. The van der Waals surface area contributed by atoms with Crippen molar-refractivity contribution in [3.05, 3.63) is 53.6 Å². The van der Waals surface area contributed by atoms with Crippen molar-refractivity contribution < 1.29 is 8.42 Å². The maximum atomic E-state index is 11.5. The molecule has 0 aliphatic rings. The number of anilines is 2. The average molecular weight is 291 g/mol. The second kappa shape index (κ2) is 5.52. The van der Waals surface area contributed by atoms with Gasteiger partial charge in [0.25, 0.3) is 0 Å². The Morgan fingerprint density at radius 3 is 2.40 bits per heavy atom. The lowest BCUT2D eigenvalue weighted by Gasteiger charge is -2.13. The van der Waals surface area contributed by atoms with Gasteiger partial charge in [-0.3, -0.25) is 0 Å². The summed E-state index contributed by atoms with van der Waals surface area (Å²) in [6.07, 6.45) is 0. The molecule has 0 saturated carbocycles. The van der Waals surface area contributed by atoms with Crippen molar-refractivity contribution in [3.8, 4) is 0 Å². The number of benzene rings is 2. The predicted octanol–water partition coefficient (Wildman–Crippen LogP) is 1.84. The van der Waals surface area contributed by atoms with E-state index >= 15 is 0 Å². The first-order chi connectivity index (χ1) is 9.38. The standard InChI is InChI=1S/C14H17N3O2S/c1-10-13(17-9-11-5-3-2-4-6-11)7-12(15)8-14(10)20(16,18)19/h2-8,17H,9,15H2,1H3,(H2,16,18,19). The molecule has 0 unspecified atom stereocenters. The molecule has 0 aliphatic heterocycles. The van der Waals surface area contributed by atoms with Crippen LogP contribution in [0.1, 0.15) is 11.1 Å². The average Bonchev–Trinajstić information content (AvgIpc) is 2.39. The number of primary sulfonamides is 1. The molecule has 0 aliphatic carbocycles. The summed E-state index contributed by atoms with van der Waals surface area (Å²) in [5.74, 6) is 0. The zero-order chi connectivity index (χ0) is 14.8. The fourth-order valence-corrected chi connectivity index (χ4v) is 2.82. The van der Waals surface area contributed by atoms with E-state index in [9.17, 15) is 8.42 Å². The Hall–Kier alpha value is -2.05. The van der Waals surface area contributed by atoms with E-state index in [1.807, 2.05) is 30.3 Å². The highest BCUT2D eigenvalue weighted by molar-refractivity contribution is 7.89. The number of hydrogen-bond donors (Lipinski definition) is 3. The van der Waals surface area contributed by atoms with Crippen molar-refractivity contribution >= 4 is 21.4 Å². The van der Waals surface area contributed by atoms with E-state index in [0.717, 1.165) is 5.56 Å². The maximum Gasteiger partial charge on any atom is 0.238 e. The third-order valence-corrected chi connectivity index (χ3v) is 4.05. The molecule has 0 amide bonds. The van der Waals surface area contributed by atoms with Crippen molar-refractivity contribution in [2.75, 3.05) is 11.1 Å². The van der Waals surface area contributed by atoms with Crippen LogP contribution in [0.25, 0.3) is 0 Å². The van der Waals surface area contributed by atoms with Gasteiger partial charge in [-0.15, -0.1) is 0 Å². The third-order valence-electron chi connectivity index (χ3n) is 3.01. The molecule has 6 heteroatoms. The molecule has 0 fully saturated rings. The number of nitrogens with one attached hydrogen (secondary N) is 1. The van der Waals surface area contributed by atoms with Crippen molar-refractivity contribution in [2.24, 2.45) is 5.14 Å². The van der Waals surface area contributed by atoms with Crippen molar-refractivity contribution in [1.29, 1.82) is 0 Å². The monoisotopic (exact) mass is 291 g/mol. The SMILES string of the molecule is Cc1c(NCc2ccccc2)cc(N)cc1S(N)(=O)=O. The maximum absolute atomic E-state index is 11.5. The fourth-order valence-electron chi connectivity index (χ4n) is 1.98. The molecule has 20 heavy (non-hydrogen) atoms. The summed E-state index contributed by atoms with van der Waals surface area (Å²) in [7, 11) is -3.78. The zero-order valence-corrected chi connectivity index (χ0v) is 11.9. The van der Waals surface area contributed by atoms with Gasteiger partial charge < -0.3 is 11.1 Å². The fraction of sp³-hybridized carbons (Fsp3) is 0.143. The lowest BCUT2D eigenvalue weighted by molar-refractivity contribution is 0.597. The minimum absolute atomic E-state index is 0.0491. The minimum atomic E-state index is -3.78. The summed E-state index contributed by atoms with van der Waals surface area (Å²) in [6, 6.07) is 12.9. The van der Waals surface area contributed by atoms with Crippen LogP contribution in [0.4, 0.5) is 11.4 Å². The second-order valence-corrected chi connectivity index (χ2v) is 6.11. The van der Waals surface area contributed by atoms with Crippen LogP contribution < -0.4 is 16.2 Å². The highest BCUT2D eigenvalue weighted by Gasteiger charge is 2.15. The van der Waals surface area contributed by atoms with Crippen LogP contribution in [0, 0.1) is 6.92 Å².